The van der Waals surface area contributed by atoms with Crippen molar-refractivity contribution in [2.45, 2.75) is 20.0 Å². The molecule has 0 saturated heterocycles. The van der Waals surface area contributed by atoms with E-state index in [9.17, 15) is 22.4 Å². The van der Waals surface area contributed by atoms with Crippen LogP contribution in [0.3, 0.4) is 0 Å². The Morgan fingerprint density at radius 3 is 2.29 bits per heavy atom. The van der Waals surface area contributed by atoms with Gasteiger partial charge < -0.3 is 0 Å². The number of carbonyl (C=O) groups is 1. The monoisotopic (exact) mass is 296 g/mol. The minimum absolute atomic E-state index is 0.183. The molecule has 2 rings (SSSR count). The van der Waals surface area contributed by atoms with E-state index in [1.165, 1.54) is 0 Å². The molecule has 0 amide bonds. The van der Waals surface area contributed by atoms with Gasteiger partial charge in [0.25, 0.3) is 0 Å². The summed E-state index contributed by atoms with van der Waals surface area (Å²) in [7, 11) is 0. The Labute approximate surface area is 119 Å². The maximum atomic E-state index is 13.2. The third-order valence-electron chi connectivity index (χ3n) is 3.17. The molecule has 0 radical (unpaired) electrons. The first-order chi connectivity index (χ1) is 9.70. The minimum atomic E-state index is -4.83. The number of alkyl halides is 3. The van der Waals surface area contributed by atoms with Crippen molar-refractivity contribution >= 4 is 5.78 Å². The first-order valence-corrected chi connectivity index (χ1v) is 6.19. The minimum Gasteiger partial charge on any atom is -0.289 e. The molecule has 2 aromatic rings. The van der Waals surface area contributed by atoms with Crippen molar-refractivity contribution < 1.29 is 22.4 Å². The van der Waals surface area contributed by atoms with Gasteiger partial charge in [-0.3, -0.25) is 4.79 Å². The van der Waals surface area contributed by atoms with Crippen LogP contribution in [0.5, 0.6) is 0 Å². The van der Waals surface area contributed by atoms with Crippen molar-refractivity contribution in [3.63, 3.8) is 0 Å². The van der Waals surface area contributed by atoms with Gasteiger partial charge >= 0.3 is 6.18 Å². The van der Waals surface area contributed by atoms with E-state index in [1.54, 1.807) is 32.0 Å². The van der Waals surface area contributed by atoms with Crippen LogP contribution in [0.4, 0.5) is 17.6 Å². The van der Waals surface area contributed by atoms with Gasteiger partial charge in [0.15, 0.2) is 5.78 Å². The average molecular weight is 296 g/mol. The summed E-state index contributed by atoms with van der Waals surface area (Å²) in [6, 6.07) is 7.41. The Kier molecular flexibility index (Phi) is 3.85. The Morgan fingerprint density at radius 2 is 1.67 bits per heavy atom. The molecule has 0 N–H and O–H groups in total. The highest BCUT2D eigenvalue weighted by Gasteiger charge is 2.34. The van der Waals surface area contributed by atoms with Crippen LogP contribution in [-0.2, 0) is 6.18 Å². The van der Waals surface area contributed by atoms with E-state index in [1.807, 2.05) is 0 Å². The van der Waals surface area contributed by atoms with E-state index in [2.05, 4.69) is 0 Å². The molecule has 0 fully saturated rings. The third kappa shape index (κ3) is 3.12. The van der Waals surface area contributed by atoms with Crippen molar-refractivity contribution in [1.82, 2.24) is 0 Å². The summed E-state index contributed by atoms with van der Waals surface area (Å²) in [5, 5.41) is 0. The molecule has 1 nitrogen and oxygen atoms in total. The summed E-state index contributed by atoms with van der Waals surface area (Å²) in [6.45, 7) is 3.48. The van der Waals surface area contributed by atoms with Gasteiger partial charge in [-0.2, -0.15) is 13.2 Å². The lowest BCUT2D eigenvalue weighted by molar-refractivity contribution is -0.140. The quantitative estimate of drug-likeness (QED) is 0.580. The van der Waals surface area contributed by atoms with E-state index in [0.717, 1.165) is 11.6 Å². The molecule has 0 unspecified atom stereocenters. The number of aryl methyl sites for hydroxylation is 2. The molecular weight excluding hydrogens is 284 g/mol. The van der Waals surface area contributed by atoms with Gasteiger partial charge in [-0.1, -0.05) is 17.7 Å². The molecule has 0 bridgehead atoms. The van der Waals surface area contributed by atoms with Crippen LogP contribution in [0.25, 0.3) is 0 Å². The zero-order valence-electron chi connectivity index (χ0n) is 11.4. The zero-order chi connectivity index (χ0) is 15.8. The van der Waals surface area contributed by atoms with E-state index < -0.39 is 23.3 Å². The standard InChI is InChI=1S/C16H12F4O/c1-9-3-4-10(2)12(7-9)15(21)11-5-6-14(17)13(8-11)16(18,19)20/h3-8H,1-2H3. The Bertz CT molecular complexity index is 702. The topological polar surface area (TPSA) is 17.1 Å². The molecule has 21 heavy (non-hydrogen) atoms. The van der Waals surface area contributed by atoms with Crippen LogP contribution in [0.2, 0.25) is 0 Å². The summed E-state index contributed by atoms with van der Waals surface area (Å²) in [5.41, 5.74) is 0.177. The predicted octanol–water partition coefficient (Wildman–Crippen LogP) is 4.69. The maximum absolute atomic E-state index is 13.2. The molecule has 0 atom stereocenters. The molecule has 0 saturated carbocycles. The normalized spacial score (nSPS) is 11.5. The molecule has 0 spiro atoms. The number of hydrogen-bond acceptors (Lipinski definition) is 1. The molecule has 110 valence electrons. The van der Waals surface area contributed by atoms with Crippen molar-refractivity contribution in [3.05, 3.63) is 70.0 Å². The van der Waals surface area contributed by atoms with E-state index in [4.69, 9.17) is 0 Å². The molecular formula is C16H12F4O. The summed E-state index contributed by atoms with van der Waals surface area (Å²) < 4.78 is 51.3. The summed E-state index contributed by atoms with van der Waals surface area (Å²) in [4.78, 5) is 12.3. The average Bonchev–Trinajstić information content (AvgIpc) is 2.40. The smallest absolute Gasteiger partial charge is 0.289 e. The first-order valence-electron chi connectivity index (χ1n) is 6.19. The summed E-state index contributed by atoms with van der Waals surface area (Å²) in [5.74, 6) is -1.94. The predicted molar refractivity (Wildman–Crippen MR) is 70.8 cm³/mol. The van der Waals surface area contributed by atoms with Crippen molar-refractivity contribution in [1.29, 1.82) is 0 Å². The van der Waals surface area contributed by atoms with E-state index >= 15 is 0 Å². The largest absolute Gasteiger partial charge is 0.419 e. The number of carbonyl (C=O) groups excluding carboxylic acids is 1. The molecule has 0 aliphatic rings. The van der Waals surface area contributed by atoms with Gasteiger partial charge in [0.1, 0.15) is 5.82 Å². The lowest BCUT2D eigenvalue weighted by atomic mass is 9.96. The third-order valence-corrected chi connectivity index (χ3v) is 3.17. The van der Waals surface area contributed by atoms with E-state index in [0.29, 0.717) is 23.3 Å². The fourth-order valence-electron chi connectivity index (χ4n) is 2.02. The lowest BCUT2D eigenvalue weighted by Crippen LogP contribution is -2.11. The van der Waals surface area contributed by atoms with Crippen LogP contribution in [0.15, 0.2) is 36.4 Å². The fraction of sp³-hybridized carbons (Fsp3) is 0.188. The van der Waals surface area contributed by atoms with E-state index in [-0.39, 0.29) is 5.56 Å². The zero-order valence-corrected chi connectivity index (χ0v) is 11.4. The van der Waals surface area contributed by atoms with Crippen molar-refractivity contribution in [2.24, 2.45) is 0 Å². The Hall–Kier alpha value is -2.17. The van der Waals surface area contributed by atoms with Gasteiger partial charge in [-0.15, -0.1) is 0 Å². The van der Waals surface area contributed by atoms with Crippen LogP contribution < -0.4 is 0 Å². The Balaban J connectivity index is 2.52. The van der Waals surface area contributed by atoms with Crippen LogP contribution >= 0.6 is 0 Å². The van der Waals surface area contributed by atoms with Gasteiger partial charge in [-0.05, 0) is 43.7 Å². The first kappa shape index (κ1) is 15.2. The van der Waals surface area contributed by atoms with Crippen LogP contribution in [0, 0.1) is 19.7 Å². The number of halogens is 4. The van der Waals surface area contributed by atoms with Gasteiger partial charge in [0.05, 0.1) is 5.56 Å². The maximum Gasteiger partial charge on any atom is 0.419 e. The Morgan fingerprint density at radius 1 is 1.00 bits per heavy atom. The highest BCUT2D eigenvalue weighted by atomic mass is 19.4. The van der Waals surface area contributed by atoms with Gasteiger partial charge in [0, 0.05) is 11.1 Å². The molecule has 5 heteroatoms. The van der Waals surface area contributed by atoms with Crippen LogP contribution in [0.1, 0.15) is 32.6 Å². The molecule has 0 aliphatic carbocycles. The molecule has 0 aromatic heterocycles. The number of rotatable bonds is 2. The highest BCUT2D eigenvalue weighted by Crippen LogP contribution is 2.32. The highest BCUT2D eigenvalue weighted by molar-refractivity contribution is 6.10. The van der Waals surface area contributed by atoms with Crippen molar-refractivity contribution in [3.8, 4) is 0 Å². The lowest BCUT2D eigenvalue weighted by Gasteiger charge is -2.11. The summed E-state index contributed by atoms with van der Waals surface area (Å²) >= 11 is 0. The number of hydrogen-bond donors (Lipinski definition) is 0. The molecule has 2 aromatic carbocycles. The second-order valence-corrected chi connectivity index (χ2v) is 4.84. The van der Waals surface area contributed by atoms with Gasteiger partial charge in [-0.25, -0.2) is 4.39 Å². The fourth-order valence-corrected chi connectivity index (χ4v) is 2.02. The van der Waals surface area contributed by atoms with Crippen LogP contribution in [-0.4, -0.2) is 5.78 Å². The molecule has 0 aliphatic heterocycles. The second kappa shape index (κ2) is 5.31. The second-order valence-electron chi connectivity index (χ2n) is 4.84. The number of ketones is 1. The number of benzene rings is 2. The van der Waals surface area contributed by atoms with Crippen molar-refractivity contribution in [2.75, 3.05) is 0 Å². The van der Waals surface area contributed by atoms with Gasteiger partial charge in [0.2, 0.25) is 0 Å². The SMILES string of the molecule is Cc1ccc(C)c(C(=O)c2ccc(F)c(C(F)(F)F)c2)c1. The molecule has 0 heterocycles. The summed E-state index contributed by atoms with van der Waals surface area (Å²) in [6.07, 6.45) is -4.83.